The van der Waals surface area contributed by atoms with Crippen LogP contribution in [-0.2, 0) is 6.54 Å². The van der Waals surface area contributed by atoms with Gasteiger partial charge in [-0.1, -0.05) is 32.0 Å². The predicted molar refractivity (Wildman–Crippen MR) is 97.9 cm³/mol. The van der Waals surface area contributed by atoms with Gasteiger partial charge in [0.05, 0.1) is 11.4 Å². The zero-order valence-corrected chi connectivity index (χ0v) is 14.5. The molecule has 1 N–H and O–H groups in total. The molecule has 1 atom stereocenters. The fraction of sp³-hybridized carbons (Fsp3) is 0.300. The Morgan fingerprint density at radius 2 is 1.71 bits per heavy atom. The second-order valence-corrected chi connectivity index (χ2v) is 6.43. The third-order valence-electron chi connectivity index (χ3n) is 4.38. The van der Waals surface area contributed by atoms with E-state index in [-0.39, 0.29) is 0 Å². The molecule has 2 aromatic heterocycles. The molecule has 3 aromatic rings. The monoisotopic (exact) mass is 320 g/mol. The Morgan fingerprint density at radius 3 is 2.38 bits per heavy atom. The molecule has 0 aliphatic heterocycles. The third kappa shape index (κ3) is 3.71. The molecule has 0 saturated heterocycles. The second kappa shape index (κ2) is 7.41. The molecule has 0 aliphatic carbocycles. The predicted octanol–water partition coefficient (Wildman–Crippen LogP) is 4.07. The lowest BCUT2D eigenvalue weighted by molar-refractivity contribution is 0.426. The van der Waals surface area contributed by atoms with Gasteiger partial charge in [0, 0.05) is 42.3 Å². The molecule has 0 radical (unpaired) electrons. The molecule has 0 spiro atoms. The minimum Gasteiger partial charge on any atom is -0.310 e. The van der Waals surface area contributed by atoms with Crippen LogP contribution in [0.25, 0.3) is 16.9 Å². The first-order chi connectivity index (χ1) is 11.6. The summed E-state index contributed by atoms with van der Waals surface area (Å²) in [5.74, 6) is 0.596. The van der Waals surface area contributed by atoms with E-state index < -0.39 is 0 Å². The molecule has 0 aliphatic rings. The minimum atomic E-state index is 0.454. The van der Waals surface area contributed by atoms with Crippen molar-refractivity contribution >= 4 is 0 Å². The molecule has 2 heterocycles. The van der Waals surface area contributed by atoms with E-state index in [0.29, 0.717) is 12.0 Å². The molecule has 4 heteroatoms. The molecule has 0 saturated carbocycles. The highest BCUT2D eigenvalue weighted by molar-refractivity contribution is 5.62. The van der Waals surface area contributed by atoms with Gasteiger partial charge >= 0.3 is 0 Å². The Balaban J connectivity index is 1.94. The maximum Gasteiger partial charge on any atom is 0.0973 e. The summed E-state index contributed by atoms with van der Waals surface area (Å²) in [6.07, 6.45) is 5.74. The maximum absolute atomic E-state index is 4.82. The summed E-state index contributed by atoms with van der Waals surface area (Å²) in [5.41, 5.74) is 4.35. The van der Waals surface area contributed by atoms with Gasteiger partial charge in [0.2, 0.25) is 0 Å². The largest absolute Gasteiger partial charge is 0.310 e. The number of rotatable bonds is 6. The van der Waals surface area contributed by atoms with Crippen molar-refractivity contribution in [2.75, 3.05) is 0 Å². The van der Waals surface area contributed by atoms with Crippen LogP contribution < -0.4 is 5.32 Å². The van der Waals surface area contributed by atoms with Crippen molar-refractivity contribution in [3.8, 4) is 16.9 Å². The highest BCUT2D eigenvalue weighted by Gasteiger charge is 2.14. The van der Waals surface area contributed by atoms with Crippen LogP contribution in [0.4, 0.5) is 0 Å². The number of hydrogen-bond acceptors (Lipinski definition) is 3. The average Bonchev–Trinajstić information content (AvgIpc) is 3.05. The van der Waals surface area contributed by atoms with Crippen molar-refractivity contribution in [1.29, 1.82) is 0 Å². The number of nitrogens with zero attached hydrogens (tertiary/aromatic N) is 3. The number of hydrogen-bond donors (Lipinski definition) is 1. The Hall–Kier alpha value is -2.46. The Morgan fingerprint density at radius 1 is 1.00 bits per heavy atom. The average molecular weight is 320 g/mol. The van der Waals surface area contributed by atoms with Crippen molar-refractivity contribution in [2.24, 2.45) is 5.92 Å². The van der Waals surface area contributed by atoms with Gasteiger partial charge in [-0.15, -0.1) is 0 Å². The summed E-state index contributed by atoms with van der Waals surface area (Å²) < 4.78 is 1.95. The standard InChI is InChI=1S/C20H24N4/c1-15(2)16(3)22-13-18-14-24(19-7-5-4-6-8-19)23-20(18)17-9-11-21-12-10-17/h4-12,14-16,22H,13H2,1-3H3. The minimum absolute atomic E-state index is 0.454. The molecule has 24 heavy (non-hydrogen) atoms. The van der Waals surface area contributed by atoms with Crippen molar-refractivity contribution in [2.45, 2.75) is 33.4 Å². The molecular formula is C20H24N4. The summed E-state index contributed by atoms with van der Waals surface area (Å²) in [6, 6.07) is 14.7. The molecule has 0 fully saturated rings. The lowest BCUT2D eigenvalue weighted by Crippen LogP contribution is -2.30. The zero-order valence-electron chi connectivity index (χ0n) is 14.5. The number of pyridine rings is 1. The lowest BCUT2D eigenvalue weighted by Gasteiger charge is -2.17. The quantitative estimate of drug-likeness (QED) is 0.744. The Kier molecular flexibility index (Phi) is 5.06. The molecular weight excluding hydrogens is 296 g/mol. The summed E-state index contributed by atoms with van der Waals surface area (Å²) >= 11 is 0. The van der Waals surface area contributed by atoms with Crippen molar-refractivity contribution in [1.82, 2.24) is 20.1 Å². The van der Waals surface area contributed by atoms with Gasteiger partial charge in [-0.25, -0.2) is 4.68 Å². The van der Waals surface area contributed by atoms with Crippen LogP contribution in [0, 0.1) is 5.92 Å². The van der Waals surface area contributed by atoms with Gasteiger partial charge in [-0.05, 0) is 37.1 Å². The first-order valence-electron chi connectivity index (χ1n) is 8.43. The highest BCUT2D eigenvalue weighted by Crippen LogP contribution is 2.23. The summed E-state index contributed by atoms with van der Waals surface area (Å²) in [5, 5.41) is 8.43. The lowest BCUT2D eigenvalue weighted by atomic mass is 10.1. The van der Waals surface area contributed by atoms with E-state index in [2.05, 4.69) is 49.4 Å². The maximum atomic E-state index is 4.82. The van der Waals surface area contributed by atoms with Crippen LogP contribution in [0.5, 0.6) is 0 Å². The normalized spacial score (nSPS) is 12.5. The molecule has 4 nitrogen and oxygen atoms in total. The van der Waals surface area contributed by atoms with Crippen LogP contribution in [0.1, 0.15) is 26.3 Å². The van der Waals surface area contributed by atoms with E-state index in [4.69, 9.17) is 5.10 Å². The first kappa shape index (κ1) is 16.4. The van der Waals surface area contributed by atoms with Crippen LogP contribution in [0.15, 0.2) is 61.1 Å². The summed E-state index contributed by atoms with van der Waals surface area (Å²) in [6.45, 7) is 7.48. The molecule has 0 amide bonds. The second-order valence-electron chi connectivity index (χ2n) is 6.43. The van der Waals surface area contributed by atoms with Crippen molar-refractivity contribution in [3.63, 3.8) is 0 Å². The third-order valence-corrected chi connectivity index (χ3v) is 4.38. The topological polar surface area (TPSA) is 42.7 Å². The van der Waals surface area contributed by atoms with Gasteiger partial charge in [-0.2, -0.15) is 5.10 Å². The van der Waals surface area contributed by atoms with E-state index in [1.54, 1.807) is 0 Å². The smallest absolute Gasteiger partial charge is 0.0973 e. The highest BCUT2D eigenvalue weighted by atomic mass is 15.3. The SMILES string of the molecule is CC(C)C(C)NCc1cn(-c2ccccc2)nc1-c1ccncc1. The van der Waals surface area contributed by atoms with E-state index >= 15 is 0 Å². The molecule has 1 unspecified atom stereocenters. The summed E-state index contributed by atoms with van der Waals surface area (Å²) in [7, 11) is 0. The fourth-order valence-corrected chi connectivity index (χ4v) is 2.51. The van der Waals surface area contributed by atoms with Crippen LogP contribution in [-0.4, -0.2) is 20.8 Å². The zero-order chi connectivity index (χ0) is 16.9. The van der Waals surface area contributed by atoms with Gasteiger partial charge in [0.25, 0.3) is 0 Å². The molecule has 1 aromatic carbocycles. The Bertz CT molecular complexity index is 763. The van der Waals surface area contributed by atoms with Crippen molar-refractivity contribution < 1.29 is 0 Å². The van der Waals surface area contributed by atoms with Crippen LogP contribution >= 0.6 is 0 Å². The van der Waals surface area contributed by atoms with Gasteiger partial charge < -0.3 is 5.32 Å². The van der Waals surface area contributed by atoms with E-state index in [0.717, 1.165) is 23.5 Å². The molecule has 124 valence electrons. The Labute approximate surface area is 143 Å². The van der Waals surface area contributed by atoms with E-state index in [9.17, 15) is 0 Å². The number of aromatic nitrogens is 3. The number of benzene rings is 1. The number of nitrogens with one attached hydrogen (secondary N) is 1. The van der Waals surface area contributed by atoms with Gasteiger partial charge in [0.15, 0.2) is 0 Å². The number of para-hydroxylation sites is 1. The molecule has 3 rings (SSSR count). The van der Waals surface area contributed by atoms with Gasteiger partial charge in [0.1, 0.15) is 0 Å². The van der Waals surface area contributed by atoms with Crippen LogP contribution in [0.2, 0.25) is 0 Å². The fourth-order valence-electron chi connectivity index (χ4n) is 2.51. The van der Waals surface area contributed by atoms with Gasteiger partial charge in [-0.3, -0.25) is 4.98 Å². The first-order valence-corrected chi connectivity index (χ1v) is 8.43. The van der Waals surface area contributed by atoms with Crippen LogP contribution in [0.3, 0.4) is 0 Å². The summed E-state index contributed by atoms with van der Waals surface area (Å²) in [4.78, 5) is 4.11. The van der Waals surface area contributed by atoms with E-state index in [1.807, 2.05) is 47.4 Å². The molecule has 0 bridgehead atoms. The van der Waals surface area contributed by atoms with E-state index in [1.165, 1.54) is 5.56 Å². The van der Waals surface area contributed by atoms with Crippen molar-refractivity contribution in [3.05, 3.63) is 66.6 Å².